The zero-order chi connectivity index (χ0) is 14.6. The highest BCUT2D eigenvalue weighted by Gasteiger charge is 1.97. The van der Waals surface area contributed by atoms with Gasteiger partial charge in [0.05, 0.1) is 0 Å². The smallest absolute Gasteiger partial charge is 0.154 e. The molecule has 102 valence electrons. The first-order valence-corrected chi connectivity index (χ1v) is 6.64. The van der Waals surface area contributed by atoms with Crippen molar-refractivity contribution in [2.45, 2.75) is 48.0 Å². The summed E-state index contributed by atoms with van der Waals surface area (Å²) in [6.45, 7) is 15.1. The Labute approximate surface area is 113 Å². The van der Waals surface area contributed by atoms with Crippen LogP contribution in [0.4, 0.5) is 0 Å². The number of carbonyl (C=O) groups is 1. The molecule has 0 aromatic rings. The van der Waals surface area contributed by atoms with E-state index < -0.39 is 0 Å². The van der Waals surface area contributed by atoms with Crippen LogP contribution in [0, 0.1) is 5.92 Å². The molecule has 0 fully saturated rings. The Hall–Kier alpha value is -1.37. The quantitative estimate of drug-likeness (QED) is 0.609. The maximum absolute atomic E-state index is 10.0. The molecule has 0 aromatic heterocycles. The van der Waals surface area contributed by atoms with Crippen molar-refractivity contribution in [1.29, 1.82) is 0 Å². The number of Topliss-reactive ketones (excluding diaryl/α,β-unsaturated/α-hetero) is 1. The lowest BCUT2D eigenvalue weighted by atomic mass is 10.0. The molecular formula is C17H28O. The predicted molar refractivity (Wildman–Crippen MR) is 82.7 cm³/mol. The number of hydrogen-bond acceptors (Lipinski definition) is 1. The SMILES string of the molecule is C=C(C)C(C)=O.CC.CC(C)C1=CCC=CC=C1. The molecule has 1 aliphatic rings. The zero-order valence-electron chi connectivity index (χ0n) is 12.8. The van der Waals surface area contributed by atoms with E-state index in [1.165, 1.54) is 12.5 Å². The minimum Gasteiger partial charge on any atom is -0.295 e. The highest BCUT2D eigenvalue weighted by atomic mass is 16.1. The Bertz CT molecular complexity index is 316. The van der Waals surface area contributed by atoms with Crippen molar-refractivity contribution in [1.82, 2.24) is 0 Å². The van der Waals surface area contributed by atoms with Gasteiger partial charge in [0.15, 0.2) is 5.78 Å². The van der Waals surface area contributed by atoms with Gasteiger partial charge in [-0.25, -0.2) is 0 Å². The molecular weight excluding hydrogens is 220 g/mol. The van der Waals surface area contributed by atoms with Crippen LogP contribution in [0.1, 0.15) is 48.0 Å². The van der Waals surface area contributed by atoms with Crippen LogP contribution in [0.15, 0.2) is 48.1 Å². The predicted octanol–water partition coefficient (Wildman–Crippen LogP) is 5.26. The molecule has 0 unspecified atom stereocenters. The number of carbonyl (C=O) groups excluding carboxylic acids is 1. The summed E-state index contributed by atoms with van der Waals surface area (Å²) in [5, 5.41) is 0. The summed E-state index contributed by atoms with van der Waals surface area (Å²) in [6, 6.07) is 0. The Kier molecular flexibility index (Phi) is 12.8. The van der Waals surface area contributed by atoms with Crippen LogP contribution < -0.4 is 0 Å². The van der Waals surface area contributed by atoms with Gasteiger partial charge in [0.1, 0.15) is 0 Å². The minimum atomic E-state index is 0.0648. The van der Waals surface area contributed by atoms with Crippen molar-refractivity contribution in [2.24, 2.45) is 5.92 Å². The molecule has 0 spiro atoms. The third-order valence-corrected chi connectivity index (χ3v) is 2.29. The molecule has 1 aliphatic carbocycles. The van der Waals surface area contributed by atoms with Crippen LogP contribution >= 0.6 is 0 Å². The average molecular weight is 248 g/mol. The molecule has 0 aliphatic heterocycles. The molecule has 0 radical (unpaired) electrons. The van der Waals surface area contributed by atoms with E-state index in [9.17, 15) is 4.79 Å². The van der Waals surface area contributed by atoms with Gasteiger partial charge in [0, 0.05) is 0 Å². The van der Waals surface area contributed by atoms with Crippen molar-refractivity contribution in [3.63, 3.8) is 0 Å². The van der Waals surface area contributed by atoms with Crippen LogP contribution in [-0.2, 0) is 4.79 Å². The van der Waals surface area contributed by atoms with Gasteiger partial charge in [0.2, 0.25) is 0 Å². The van der Waals surface area contributed by atoms with E-state index >= 15 is 0 Å². The first kappa shape index (κ1) is 19.0. The average Bonchev–Trinajstić information content (AvgIpc) is 2.61. The van der Waals surface area contributed by atoms with Gasteiger partial charge in [0.25, 0.3) is 0 Å². The molecule has 0 saturated carbocycles. The lowest BCUT2D eigenvalue weighted by Gasteiger charge is -2.03. The first-order chi connectivity index (χ1) is 8.45. The van der Waals surface area contributed by atoms with Crippen LogP contribution in [0.5, 0.6) is 0 Å². The molecule has 0 N–H and O–H groups in total. The summed E-state index contributed by atoms with van der Waals surface area (Å²) >= 11 is 0. The Morgan fingerprint density at radius 2 is 1.72 bits per heavy atom. The van der Waals surface area contributed by atoms with Gasteiger partial charge in [-0.15, -0.1) is 0 Å². The molecule has 0 atom stereocenters. The van der Waals surface area contributed by atoms with Crippen LogP contribution in [0.3, 0.4) is 0 Å². The second-order valence-corrected chi connectivity index (χ2v) is 4.22. The lowest BCUT2D eigenvalue weighted by molar-refractivity contribution is -0.113. The summed E-state index contributed by atoms with van der Waals surface area (Å²) in [5.41, 5.74) is 2.07. The van der Waals surface area contributed by atoms with Gasteiger partial charge >= 0.3 is 0 Å². The highest BCUT2D eigenvalue weighted by molar-refractivity contribution is 5.91. The molecule has 0 aromatic carbocycles. The monoisotopic (exact) mass is 248 g/mol. The maximum Gasteiger partial charge on any atom is 0.154 e. The van der Waals surface area contributed by atoms with Gasteiger partial charge < -0.3 is 0 Å². The number of hydrogen-bond donors (Lipinski definition) is 0. The minimum absolute atomic E-state index is 0.0648. The van der Waals surface area contributed by atoms with Crippen molar-refractivity contribution in [3.8, 4) is 0 Å². The molecule has 0 heterocycles. The van der Waals surface area contributed by atoms with Crippen LogP contribution in [0.25, 0.3) is 0 Å². The molecule has 18 heavy (non-hydrogen) atoms. The van der Waals surface area contributed by atoms with E-state index in [2.05, 4.69) is 50.8 Å². The molecule has 0 amide bonds. The van der Waals surface area contributed by atoms with E-state index in [-0.39, 0.29) is 5.78 Å². The summed E-state index contributed by atoms with van der Waals surface area (Å²) in [5.74, 6) is 0.728. The number of allylic oxidation sites excluding steroid dienone is 7. The van der Waals surface area contributed by atoms with E-state index in [0.29, 0.717) is 11.5 Å². The fourth-order valence-corrected chi connectivity index (χ4v) is 1.02. The highest BCUT2D eigenvalue weighted by Crippen LogP contribution is 2.13. The molecule has 1 heteroatoms. The Morgan fingerprint density at radius 3 is 2.11 bits per heavy atom. The third-order valence-electron chi connectivity index (χ3n) is 2.29. The molecule has 1 rings (SSSR count). The summed E-state index contributed by atoms with van der Waals surface area (Å²) in [6.07, 6.45) is 11.9. The van der Waals surface area contributed by atoms with E-state index in [1.807, 2.05) is 13.8 Å². The Balaban J connectivity index is 0. The Morgan fingerprint density at radius 1 is 1.22 bits per heavy atom. The van der Waals surface area contributed by atoms with E-state index in [1.54, 1.807) is 6.92 Å². The second kappa shape index (κ2) is 12.1. The van der Waals surface area contributed by atoms with Crippen molar-refractivity contribution in [2.75, 3.05) is 0 Å². The second-order valence-electron chi connectivity index (χ2n) is 4.22. The summed E-state index contributed by atoms with van der Waals surface area (Å²) in [4.78, 5) is 10.0. The molecule has 0 bridgehead atoms. The van der Waals surface area contributed by atoms with Crippen molar-refractivity contribution < 1.29 is 4.79 Å². The lowest BCUT2D eigenvalue weighted by Crippen LogP contribution is -1.88. The fourth-order valence-electron chi connectivity index (χ4n) is 1.02. The van der Waals surface area contributed by atoms with Gasteiger partial charge in [-0.3, -0.25) is 4.79 Å². The number of rotatable bonds is 2. The van der Waals surface area contributed by atoms with Crippen molar-refractivity contribution in [3.05, 3.63) is 48.1 Å². The first-order valence-electron chi connectivity index (χ1n) is 6.64. The van der Waals surface area contributed by atoms with Crippen LogP contribution in [0.2, 0.25) is 0 Å². The van der Waals surface area contributed by atoms with E-state index in [4.69, 9.17) is 0 Å². The summed E-state index contributed by atoms with van der Waals surface area (Å²) < 4.78 is 0. The summed E-state index contributed by atoms with van der Waals surface area (Å²) in [7, 11) is 0. The van der Waals surface area contributed by atoms with Gasteiger partial charge in [-0.1, -0.05) is 64.7 Å². The number of ketones is 1. The third kappa shape index (κ3) is 11.1. The van der Waals surface area contributed by atoms with Gasteiger partial charge in [-0.2, -0.15) is 0 Å². The largest absolute Gasteiger partial charge is 0.295 e. The zero-order valence-corrected chi connectivity index (χ0v) is 12.8. The fraction of sp³-hybridized carbons (Fsp3) is 0.471. The van der Waals surface area contributed by atoms with Gasteiger partial charge in [-0.05, 0) is 37.3 Å². The molecule has 1 nitrogen and oxygen atoms in total. The topological polar surface area (TPSA) is 17.1 Å². The standard InChI is InChI=1S/C10H14.C5H8O.C2H6/c1-9(2)10-7-5-3-4-6-8-10;1-4(2)5(3)6;1-2/h3-5,7-9H,6H2,1-2H3;1H2,2-3H3;1-2H3. The maximum atomic E-state index is 10.0. The van der Waals surface area contributed by atoms with Crippen molar-refractivity contribution >= 4 is 5.78 Å². The van der Waals surface area contributed by atoms with Crippen LogP contribution in [-0.4, -0.2) is 5.78 Å². The van der Waals surface area contributed by atoms with E-state index in [0.717, 1.165) is 6.42 Å². The normalized spacial score (nSPS) is 12.5. The molecule has 0 saturated heterocycles.